The van der Waals surface area contributed by atoms with E-state index < -0.39 is 11.7 Å². The van der Waals surface area contributed by atoms with Gasteiger partial charge in [-0.1, -0.05) is 12.1 Å². The molecule has 0 atom stereocenters. The molecule has 3 rings (SSSR count). The van der Waals surface area contributed by atoms with Crippen molar-refractivity contribution in [1.29, 1.82) is 0 Å². The summed E-state index contributed by atoms with van der Waals surface area (Å²) in [5, 5.41) is 0.745. The van der Waals surface area contributed by atoms with Crippen LogP contribution in [0.2, 0.25) is 0 Å². The van der Waals surface area contributed by atoms with Gasteiger partial charge in [-0.05, 0) is 37.3 Å². The van der Waals surface area contributed by atoms with Gasteiger partial charge in [0.25, 0.3) is 0 Å². The Morgan fingerprint density at radius 3 is 2.59 bits per heavy atom. The van der Waals surface area contributed by atoms with Crippen molar-refractivity contribution in [3.63, 3.8) is 0 Å². The standard InChI is InChI=1S/C13H12F3N/c14-13(15,16)10-6-3-5-9-8-4-1-2-7-11(8)17-12(9)10/h3,5-6,17H,1-2,4,7H2. The van der Waals surface area contributed by atoms with Crippen LogP contribution in [-0.4, -0.2) is 4.98 Å². The zero-order chi connectivity index (χ0) is 12.0. The van der Waals surface area contributed by atoms with Crippen molar-refractivity contribution in [1.82, 2.24) is 4.98 Å². The van der Waals surface area contributed by atoms with Crippen LogP contribution >= 0.6 is 0 Å². The monoisotopic (exact) mass is 239 g/mol. The third kappa shape index (κ3) is 1.63. The normalized spacial score (nSPS) is 16.2. The Morgan fingerprint density at radius 1 is 1.06 bits per heavy atom. The molecule has 1 N–H and O–H groups in total. The van der Waals surface area contributed by atoms with E-state index >= 15 is 0 Å². The summed E-state index contributed by atoms with van der Waals surface area (Å²) in [4.78, 5) is 2.97. The number of para-hydroxylation sites is 1. The quantitative estimate of drug-likeness (QED) is 0.713. The number of alkyl halides is 3. The fourth-order valence-electron chi connectivity index (χ4n) is 2.67. The number of H-pyrrole nitrogens is 1. The second kappa shape index (κ2) is 3.52. The van der Waals surface area contributed by atoms with Gasteiger partial charge in [-0.15, -0.1) is 0 Å². The Hall–Kier alpha value is -1.45. The summed E-state index contributed by atoms with van der Waals surface area (Å²) in [5.41, 5.74) is 1.77. The first-order valence-corrected chi connectivity index (χ1v) is 5.77. The number of nitrogens with one attached hydrogen (secondary N) is 1. The van der Waals surface area contributed by atoms with Gasteiger partial charge < -0.3 is 4.98 Å². The van der Waals surface area contributed by atoms with Gasteiger partial charge in [-0.3, -0.25) is 0 Å². The number of benzene rings is 1. The van der Waals surface area contributed by atoms with E-state index in [9.17, 15) is 13.2 Å². The predicted molar refractivity (Wildman–Crippen MR) is 59.9 cm³/mol. The van der Waals surface area contributed by atoms with Crippen LogP contribution in [0.4, 0.5) is 13.2 Å². The highest BCUT2D eigenvalue weighted by Gasteiger charge is 2.33. The molecule has 0 amide bonds. The summed E-state index contributed by atoms with van der Waals surface area (Å²) in [7, 11) is 0. The Bertz CT molecular complexity index is 566. The van der Waals surface area contributed by atoms with Crippen LogP contribution in [0.25, 0.3) is 10.9 Å². The molecule has 0 saturated carbocycles. The number of halogens is 3. The summed E-state index contributed by atoms with van der Waals surface area (Å²) in [6.45, 7) is 0. The third-order valence-corrected chi connectivity index (χ3v) is 3.44. The molecular weight excluding hydrogens is 227 g/mol. The molecule has 90 valence electrons. The molecule has 0 radical (unpaired) electrons. The van der Waals surface area contributed by atoms with E-state index in [0.29, 0.717) is 0 Å². The highest BCUT2D eigenvalue weighted by Crippen LogP contribution is 2.37. The number of aromatic nitrogens is 1. The van der Waals surface area contributed by atoms with Gasteiger partial charge in [-0.25, -0.2) is 0 Å². The minimum absolute atomic E-state index is 0.256. The van der Waals surface area contributed by atoms with Crippen LogP contribution < -0.4 is 0 Å². The largest absolute Gasteiger partial charge is 0.418 e. The highest BCUT2D eigenvalue weighted by atomic mass is 19.4. The minimum atomic E-state index is -4.28. The van der Waals surface area contributed by atoms with Gasteiger partial charge in [0.2, 0.25) is 0 Å². The molecule has 0 spiro atoms. The van der Waals surface area contributed by atoms with Crippen molar-refractivity contribution < 1.29 is 13.2 Å². The molecule has 4 heteroatoms. The van der Waals surface area contributed by atoms with E-state index in [4.69, 9.17) is 0 Å². The minimum Gasteiger partial charge on any atom is -0.358 e. The van der Waals surface area contributed by atoms with Gasteiger partial charge in [0, 0.05) is 11.1 Å². The zero-order valence-corrected chi connectivity index (χ0v) is 9.19. The van der Waals surface area contributed by atoms with Crippen molar-refractivity contribution in [2.75, 3.05) is 0 Å². The molecule has 17 heavy (non-hydrogen) atoms. The predicted octanol–water partition coefficient (Wildman–Crippen LogP) is 4.07. The number of hydrogen-bond acceptors (Lipinski definition) is 0. The van der Waals surface area contributed by atoms with E-state index in [1.165, 1.54) is 6.07 Å². The Kier molecular flexibility index (Phi) is 2.21. The van der Waals surface area contributed by atoms with Crippen molar-refractivity contribution in [3.05, 3.63) is 35.0 Å². The molecule has 0 bridgehead atoms. The van der Waals surface area contributed by atoms with Crippen LogP contribution in [0.3, 0.4) is 0 Å². The lowest BCUT2D eigenvalue weighted by molar-refractivity contribution is -0.136. The van der Waals surface area contributed by atoms with E-state index in [2.05, 4.69) is 4.98 Å². The van der Waals surface area contributed by atoms with Gasteiger partial charge in [-0.2, -0.15) is 13.2 Å². The summed E-state index contributed by atoms with van der Waals surface area (Å²) >= 11 is 0. The molecule has 1 aliphatic carbocycles. The topological polar surface area (TPSA) is 15.8 Å². The maximum Gasteiger partial charge on any atom is 0.418 e. The number of aryl methyl sites for hydroxylation is 2. The molecule has 0 aliphatic heterocycles. The third-order valence-electron chi connectivity index (χ3n) is 3.44. The number of fused-ring (bicyclic) bond motifs is 3. The van der Waals surface area contributed by atoms with E-state index in [-0.39, 0.29) is 5.52 Å². The Labute approximate surface area is 96.6 Å². The van der Waals surface area contributed by atoms with E-state index in [1.807, 2.05) is 0 Å². The van der Waals surface area contributed by atoms with Crippen molar-refractivity contribution in [3.8, 4) is 0 Å². The lowest BCUT2D eigenvalue weighted by Crippen LogP contribution is -2.05. The summed E-state index contributed by atoms with van der Waals surface area (Å²) in [6.07, 6.45) is -0.414. The summed E-state index contributed by atoms with van der Waals surface area (Å²) < 4.78 is 38.6. The van der Waals surface area contributed by atoms with Crippen molar-refractivity contribution in [2.24, 2.45) is 0 Å². The molecule has 1 aromatic heterocycles. The molecule has 1 nitrogen and oxygen atoms in total. The molecule has 0 fully saturated rings. The molecule has 0 unspecified atom stereocenters. The lowest BCUT2D eigenvalue weighted by atomic mass is 9.95. The first-order valence-electron chi connectivity index (χ1n) is 5.77. The van der Waals surface area contributed by atoms with Gasteiger partial charge in [0.15, 0.2) is 0 Å². The number of aromatic amines is 1. The van der Waals surface area contributed by atoms with E-state index in [0.717, 1.165) is 48.4 Å². The fraction of sp³-hybridized carbons (Fsp3) is 0.385. The maximum absolute atomic E-state index is 12.9. The molecule has 1 aliphatic rings. The van der Waals surface area contributed by atoms with Crippen molar-refractivity contribution >= 4 is 10.9 Å². The molecular formula is C13H12F3N. The first-order chi connectivity index (χ1) is 8.07. The van der Waals surface area contributed by atoms with Gasteiger partial charge >= 0.3 is 6.18 Å². The summed E-state index contributed by atoms with van der Waals surface area (Å²) in [5.74, 6) is 0. The van der Waals surface area contributed by atoms with Crippen LogP contribution in [0.15, 0.2) is 18.2 Å². The average molecular weight is 239 g/mol. The fourth-order valence-corrected chi connectivity index (χ4v) is 2.67. The SMILES string of the molecule is FC(F)(F)c1cccc2c3c([nH]c12)CCCC3. The maximum atomic E-state index is 12.9. The van der Waals surface area contributed by atoms with Crippen LogP contribution in [0.5, 0.6) is 0 Å². The molecule has 0 saturated heterocycles. The molecule has 2 aromatic rings. The highest BCUT2D eigenvalue weighted by molar-refractivity contribution is 5.88. The Balaban J connectivity index is 2.30. The number of hydrogen-bond donors (Lipinski definition) is 1. The Morgan fingerprint density at radius 2 is 1.82 bits per heavy atom. The first kappa shape index (κ1) is 10.7. The smallest absolute Gasteiger partial charge is 0.358 e. The van der Waals surface area contributed by atoms with Gasteiger partial charge in [0.05, 0.1) is 11.1 Å². The second-order valence-corrected chi connectivity index (χ2v) is 4.52. The summed E-state index contributed by atoms with van der Waals surface area (Å²) in [6, 6.07) is 4.42. The molecule has 1 heterocycles. The average Bonchev–Trinajstić information content (AvgIpc) is 2.65. The zero-order valence-electron chi connectivity index (χ0n) is 9.19. The van der Waals surface area contributed by atoms with Crippen LogP contribution in [-0.2, 0) is 19.0 Å². The number of rotatable bonds is 0. The second-order valence-electron chi connectivity index (χ2n) is 4.52. The van der Waals surface area contributed by atoms with Crippen molar-refractivity contribution in [2.45, 2.75) is 31.9 Å². The van der Waals surface area contributed by atoms with E-state index in [1.54, 1.807) is 6.07 Å². The lowest BCUT2D eigenvalue weighted by Gasteiger charge is -2.10. The van der Waals surface area contributed by atoms with Gasteiger partial charge in [0.1, 0.15) is 0 Å². The molecule has 1 aromatic carbocycles. The van der Waals surface area contributed by atoms with Crippen LogP contribution in [0.1, 0.15) is 29.7 Å². The van der Waals surface area contributed by atoms with Crippen LogP contribution in [0, 0.1) is 0 Å².